The van der Waals surface area contributed by atoms with Gasteiger partial charge in [0.1, 0.15) is 12.7 Å². The van der Waals surface area contributed by atoms with Crippen LogP contribution in [0.3, 0.4) is 0 Å². The van der Waals surface area contributed by atoms with Gasteiger partial charge in [-0.25, -0.2) is 4.57 Å². The average molecular weight is 1160 g/mol. The molecule has 11 nitrogen and oxygen atoms in total. The third-order valence-electron chi connectivity index (χ3n) is 15.7. The Bertz CT molecular complexity index is 1390. The number of aliphatic hydroxyl groups is 1. The molecule has 80 heavy (non-hydrogen) atoms. The molecular weight excluding hydrogens is 1020 g/mol. The van der Waals surface area contributed by atoms with Crippen molar-refractivity contribution in [3.8, 4) is 0 Å². The van der Waals surface area contributed by atoms with E-state index in [4.69, 9.17) is 23.3 Å². The smallest absolute Gasteiger partial charge is 0.462 e. The van der Waals surface area contributed by atoms with Crippen LogP contribution in [0.4, 0.5) is 0 Å². The minimum absolute atomic E-state index is 0.170. The Kier molecular flexibility index (Phi) is 61.8. The first kappa shape index (κ1) is 78.2. The zero-order valence-corrected chi connectivity index (χ0v) is 53.7. The number of rotatable bonds is 66. The highest BCUT2D eigenvalue weighted by molar-refractivity contribution is 7.47. The number of esters is 3. The summed E-state index contributed by atoms with van der Waals surface area (Å²) in [6, 6.07) is 0. The maximum Gasteiger partial charge on any atom is 0.472 e. The molecule has 0 fully saturated rings. The number of phosphoric ester groups is 1. The normalized spacial score (nSPS) is 13.2. The van der Waals surface area contributed by atoms with E-state index in [2.05, 4.69) is 32.9 Å². The molecule has 0 aliphatic carbocycles. The molecular formula is C68H131O11P. The minimum atomic E-state index is -4.75. The van der Waals surface area contributed by atoms with E-state index in [-0.39, 0.29) is 25.9 Å². The summed E-state index contributed by atoms with van der Waals surface area (Å²) in [6.45, 7) is 4.75. The fourth-order valence-corrected chi connectivity index (χ4v) is 11.2. The number of unbranched alkanes of at least 4 members (excludes halogenated alkanes) is 47. The van der Waals surface area contributed by atoms with E-state index >= 15 is 0 Å². The van der Waals surface area contributed by atoms with Crippen LogP contribution in [0.25, 0.3) is 0 Å². The molecule has 0 aliphatic heterocycles. The molecule has 0 spiro atoms. The van der Waals surface area contributed by atoms with Crippen molar-refractivity contribution in [3.05, 3.63) is 12.2 Å². The molecule has 0 amide bonds. The number of carbonyl (C=O) groups is 3. The molecule has 0 aromatic heterocycles. The van der Waals surface area contributed by atoms with Crippen molar-refractivity contribution in [2.24, 2.45) is 0 Å². The van der Waals surface area contributed by atoms with Crippen LogP contribution in [0.15, 0.2) is 12.2 Å². The van der Waals surface area contributed by atoms with Crippen molar-refractivity contribution in [1.29, 1.82) is 0 Å². The number of allylic oxidation sites excluding steroid dienone is 2. The maximum absolute atomic E-state index is 13.0. The first-order valence-corrected chi connectivity index (χ1v) is 36.1. The molecule has 12 heteroatoms. The molecule has 0 rings (SSSR count). The highest BCUT2D eigenvalue weighted by Gasteiger charge is 2.28. The lowest BCUT2D eigenvalue weighted by Gasteiger charge is -2.21. The Labute approximate surface area is 494 Å². The van der Waals surface area contributed by atoms with Gasteiger partial charge in [0.05, 0.1) is 19.8 Å². The van der Waals surface area contributed by atoms with Crippen LogP contribution in [-0.2, 0) is 42.2 Å². The monoisotopic (exact) mass is 1150 g/mol. The highest BCUT2D eigenvalue weighted by atomic mass is 31.2. The van der Waals surface area contributed by atoms with Gasteiger partial charge in [0.2, 0.25) is 0 Å². The second-order valence-electron chi connectivity index (χ2n) is 23.7. The molecule has 0 saturated carbocycles. The molecule has 0 bridgehead atoms. The van der Waals surface area contributed by atoms with Gasteiger partial charge in [-0.1, -0.05) is 315 Å². The van der Waals surface area contributed by atoms with E-state index in [1.807, 2.05) is 0 Å². The van der Waals surface area contributed by atoms with Gasteiger partial charge in [0.25, 0.3) is 0 Å². The molecule has 0 aromatic rings. The number of aliphatic hydroxyl groups excluding tert-OH is 1. The van der Waals surface area contributed by atoms with Crippen LogP contribution < -0.4 is 0 Å². The molecule has 3 atom stereocenters. The van der Waals surface area contributed by atoms with Crippen LogP contribution in [0.5, 0.6) is 0 Å². The number of hydrogen-bond acceptors (Lipinski definition) is 10. The Balaban J connectivity index is 4.61. The van der Waals surface area contributed by atoms with Gasteiger partial charge in [0.15, 0.2) is 6.10 Å². The van der Waals surface area contributed by atoms with Crippen molar-refractivity contribution < 1.29 is 52.2 Å². The summed E-state index contributed by atoms with van der Waals surface area (Å²) in [6.07, 6.45) is 65.9. The number of hydrogen-bond donors (Lipinski definition) is 2. The first-order chi connectivity index (χ1) is 39.2. The summed E-state index contributed by atoms with van der Waals surface area (Å²) in [5.41, 5.74) is 0. The second kappa shape index (κ2) is 63.2. The highest BCUT2D eigenvalue weighted by Crippen LogP contribution is 2.43. The number of carbonyl (C=O) groups excluding carboxylic acids is 3. The molecule has 0 radical (unpaired) electrons. The molecule has 0 aromatic carbocycles. The van der Waals surface area contributed by atoms with Gasteiger partial charge < -0.3 is 24.2 Å². The summed E-state index contributed by atoms with van der Waals surface area (Å²) >= 11 is 0. The molecule has 0 heterocycles. The third kappa shape index (κ3) is 60.8. The Morgan fingerprint density at radius 1 is 0.338 bits per heavy atom. The standard InChI is InChI=1S/C68H131O11P/c1-4-7-10-13-16-19-22-25-28-31-32-35-36-39-42-45-48-51-54-57-66(70)75-61-65(79-68(72)59-56-53-50-47-44-41-38-34-30-27-24-21-18-15-12-9-6-3)63-77-80(73,74)76-62-64(60-69)78-67(71)58-55-52-49-46-43-40-37-33-29-26-23-20-17-14-11-8-5-2/h27,30,64-65,69H,4-26,28-29,31-63H2,1-3H3,(H,73,74)/b30-27-. The minimum Gasteiger partial charge on any atom is -0.462 e. The summed E-state index contributed by atoms with van der Waals surface area (Å²) < 4.78 is 39.8. The topological polar surface area (TPSA) is 155 Å². The Hall–Kier alpha value is -1.78. The van der Waals surface area contributed by atoms with Gasteiger partial charge >= 0.3 is 25.7 Å². The lowest BCUT2D eigenvalue weighted by atomic mass is 10.0. The van der Waals surface area contributed by atoms with E-state index < -0.39 is 57.8 Å². The summed E-state index contributed by atoms with van der Waals surface area (Å²) in [5, 5.41) is 9.87. The fraction of sp³-hybridized carbons (Fsp3) is 0.926. The van der Waals surface area contributed by atoms with Crippen LogP contribution >= 0.6 is 7.82 Å². The van der Waals surface area contributed by atoms with Crippen LogP contribution in [0.1, 0.15) is 367 Å². The summed E-state index contributed by atoms with van der Waals surface area (Å²) in [7, 11) is -4.75. The van der Waals surface area contributed by atoms with E-state index in [1.54, 1.807) is 0 Å². The van der Waals surface area contributed by atoms with Gasteiger partial charge in [0, 0.05) is 19.3 Å². The zero-order valence-electron chi connectivity index (χ0n) is 52.8. The number of ether oxygens (including phenoxy) is 3. The largest absolute Gasteiger partial charge is 0.472 e. The van der Waals surface area contributed by atoms with Crippen LogP contribution in [0.2, 0.25) is 0 Å². The Morgan fingerprint density at radius 2 is 0.575 bits per heavy atom. The zero-order chi connectivity index (χ0) is 58.3. The predicted octanol–water partition coefficient (Wildman–Crippen LogP) is 21.2. The number of phosphoric acid groups is 1. The van der Waals surface area contributed by atoms with Gasteiger partial charge in [-0.3, -0.25) is 23.4 Å². The Morgan fingerprint density at radius 3 is 0.863 bits per heavy atom. The molecule has 0 aliphatic rings. The van der Waals surface area contributed by atoms with Crippen LogP contribution in [-0.4, -0.2) is 66.5 Å². The van der Waals surface area contributed by atoms with Crippen molar-refractivity contribution in [1.82, 2.24) is 0 Å². The van der Waals surface area contributed by atoms with Gasteiger partial charge in [-0.15, -0.1) is 0 Å². The van der Waals surface area contributed by atoms with E-state index in [0.717, 1.165) is 64.2 Å². The average Bonchev–Trinajstić information content (AvgIpc) is 3.45. The quantitative estimate of drug-likeness (QED) is 0.0197. The molecule has 474 valence electrons. The lowest BCUT2D eigenvalue weighted by molar-refractivity contribution is -0.161. The maximum atomic E-state index is 13.0. The molecule has 2 N–H and O–H groups in total. The van der Waals surface area contributed by atoms with Crippen molar-refractivity contribution in [3.63, 3.8) is 0 Å². The van der Waals surface area contributed by atoms with E-state index in [1.165, 1.54) is 244 Å². The lowest BCUT2D eigenvalue weighted by Crippen LogP contribution is -2.30. The summed E-state index contributed by atoms with van der Waals surface area (Å²) in [5.74, 6) is -1.43. The first-order valence-electron chi connectivity index (χ1n) is 34.6. The van der Waals surface area contributed by atoms with E-state index in [9.17, 15) is 28.9 Å². The van der Waals surface area contributed by atoms with Gasteiger partial charge in [-0.05, 0) is 44.9 Å². The molecule has 0 saturated heterocycles. The third-order valence-corrected chi connectivity index (χ3v) is 16.6. The van der Waals surface area contributed by atoms with Crippen molar-refractivity contribution in [2.75, 3.05) is 26.4 Å². The van der Waals surface area contributed by atoms with Crippen molar-refractivity contribution in [2.45, 2.75) is 380 Å². The SMILES string of the molecule is CCCCCCCC/C=C\CCCCCCCCCC(=O)OC(COC(=O)CCCCCCCCCCCCCCCCCCCCC)COP(=O)(O)OCC(CO)OC(=O)CCCCCCCCCCCCCCCCCCC. The second-order valence-corrected chi connectivity index (χ2v) is 25.2. The summed E-state index contributed by atoms with van der Waals surface area (Å²) in [4.78, 5) is 48.8. The fourth-order valence-electron chi connectivity index (χ4n) is 10.4. The predicted molar refractivity (Wildman–Crippen MR) is 335 cm³/mol. The van der Waals surface area contributed by atoms with Crippen LogP contribution in [0, 0.1) is 0 Å². The van der Waals surface area contributed by atoms with Gasteiger partial charge in [-0.2, -0.15) is 0 Å². The van der Waals surface area contributed by atoms with E-state index in [0.29, 0.717) is 19.3 Å². The molecule has 3 unspecified atom stereocenters. The van der Waals surface area contributed by atoms with Crippen molar-refractivity contribution >= 4 is 25.7 Å².